The SMILES string of the molecule is C=CC[C@]1(Cc2cc(Br)no2)CCc2c(c3ccccc3n2C(=O)OC(C)(C)C)C1=O. The predicted molar refractivity (Wildman–Crippen MR) is 121 cm³/mol. The standard InChI is InChI=1S/C24H25BrN2O4/c1-5-11-24(14-15-13-19(25)26-31-15)12-10-18-20(21(24)28)16-8-6-7-9-17(16)27(18)22(29)30-23(2,3)4/h5-9,13H,1,10-12,14H2,2-4H3/t24-/m1/s1. The Balaban J connectivity index is 1.85. The van der Waals surface area contributed by atoms with E-state index in [1.54, 1.807) is 16.7 Å². The fourth-order valence-corrected chi connectivity index (χ4v) is 4.78. The molecule has 7 heteroatoms. The summed E-state index contributed by atoms with van der Waals surface area (Å²) in [4.78, 5) is 27.1. The van der Waals surface area contributed by atoms with Crippen molar-refractivity contribution in [1.29, 1.82) is 0 Å². The third-order valence-corrected chi connectivity index (χ3v) is 6.05. The number of halogens is 1. The lowest BCUT2D eigenvalue weighted by Crippen LogP contribution is -2.38. The van der Waals surface area contributed by atoms with Crippen molar-refractivity contribution in [3.05, 3.63) is 64.6 Å². The second kappa shape index (κ2) is 7.79. The molecule has 0 N–H and O–H groups in total. The van der Waals surface area contributed by atoms with E-state index in [1.807, 2.05) is 45.0 Å². The van der Waals surface area contributed by atoms with Crippen molar-refractivity contribution < 1.29 is 18.8 Å². The van der Waals surface area contributed by atoms with E-state index >= 15 is 0 Å². The first-order valence-electron chi connectivity index (χ1n) is 10.3. The normalized spacial score (nSPS) is 18.8. The van der Waals surface area contributed by atoms with Gasteiger partial charge in [-0.05, 0) is 62.0 Å². The number of rotatable bonds is 4. The number of allylic oxidation sites excluding steroid dienone is 1. The van der Waals surface area contributed by atoms with Gasteiger partial charge in [0.1, 0.15) is 16.0 Å². The Labute approximate surface area is 189 Å². The maximum Gasteiger partial charge on any atom is 0.419 e. The molecule has 0 fully saturated rings. The Morgan fingerprint density at radius 1 is 1.39 bits per heavy atom. The molecule has 0 spiro atoms. The first-order valence-corrected chi connectivity index (χ1v) is 11.1. The molecule has 0 saturated heterocycles. The van der Waals surface area contributed by atoms with Crippen molar-refractivity contribution >= 4 is 38.7 Å². The highest BCUT2D eigenvalue weighted by Crippen LogP contribution is 2.45. The van der Waals surface area contributed by atoms with E-state index in [0.29, 0.717) is 52.8 Å². The number of carbonyl (C=O) groups is 2. The van der Waals surface area contributed by atoms with Crippen LogP contribution < -0.4 is 0 Å². The van der Waals surface area contributed by atoms with E-state index in [-0.39, 0.29) is 5.78 Å². The minimum absolute atomic E-state index is 0.000295. The average Bonchev–Trinajstić information content (AvgIpc) is 3.24. The van der Waals surface area contributed by atoms with Gasteiger partial charge in [0.15, 0.2) is 5.78 Å². The highest BCUT2D eigenvalue weighted by Gasteiger charge is 2.45. The summed E-state index contributed by atoms with van der Waals surface area (Å²) in [5.41, 5.74) is 0.649. The first-order chi connectivity index (χ1) is 14.6. The molecule has 162 valence electrons. The molecule has 4 rings (SSSR count). The number of Topliss-reactive ketones (excluding diaryl/α,β-unsaturated/α-hetero) is 1. The molecule has 0 bridgehead atoms. The number of ketones is 1. The lowest BCUT2D eigenvalue weighted by Gasteiger charge is -2.34. The molecule has 1 aliphatic rings. The Hall–Kier alpha value is -2.67. The zero-order valence-corrected chi connectivity index (χ0v) is 19.5. The third-order valence-electron chi connectivity index (χ3n) is 5.68. The number of hydrogen-bond donors (Lipinski definition) is 0. The molecule has 0 radical (unpaired) electrons. The van der Waals surface area contributed by atoms with Gasteiger partial charge in [-0.25, -0.2) is 9.36 Å². The fraction of sp³-hybridized carbons (Fsp3) is 0.375. The molecule has 6 nitrogen and oxygen atoms in total. The van der Waals surface area contributed by atoms with E-state index < -0.39 is 17.1 Å². The van der Waals surface area contributed by atoms with Gasteiger partial charge >= 0.3 is 6.09 Å². The minimum Gasteiger partial charge on any atom is -0.443 e. The summed E-state index contributed by atoms with van der Waals surface area (Å²) in [5, 5.41) is 4.66. The van der Waals surface area contributed by atoms with Crippen LogP contribution in [0.25, 0.3) is 10.9 Å². The molecule has 31 heavy (non-hydrogen) atoms. The van der Waals surface area contributed by atoms with Crippen LogP contribution in [0, 0.1) is 5.41 Å². The Bertz CT molecular complexity index is 1180. The van der Waals surface area contributed by atoms with E-state index in [9.17, 15) is 9.59 Å². The van der Waals surface area contributed by atoms with Crippen LogP contribution in [0.5, 0.6) is 0 Å². The molecule has 3 aromatic rings. The minimum atomic E-state index is -0.698. The van der Waals surface area contributed by atoms with Crippen LogP contribution >= 0.6 is 15.9 Å². The number of fused-ring (bicyclic) bond motifs is 3. The van der Waals surface area contributed by atoms with Crippen molar-refractivity contribution in [2.45, 2.75) is 52.1 Å². The Morgan fingerprint density at radius 2 is 2.13 bits per heavy atom. The van der Waals surface area contributed by atoms with Gasteiger partial charge in [-0.15, -0.1) is 6.58 Å². The van der Waals surface area contributed by atoms with Crippen LogP contribution in [0.1, 0.15) is 55.4 Å². The number of ether oxygens (including phenoxy) is 1. The predicted octanol–water partition coefficient (Wildman–Crippen LogP) is 6.11. The van der Waals surface area contributed by atoms with Crippen LogP contribution in [0.3, 0.4) is 0 Å². The topological polar surface area (TPSA) is 74.3 Å². The van der Waals surface area contributed by atoms with Crippen molar-refractivity contribution in [3.8, 4) is 0 Å². The van der Waals surface area contributed by atoms with Gasteiger partial charge in [0.05, 0.1) is 5.52 Å². The Kier molecular flexibility index (Phi) is 5.41. The molecule has 0 saturated carbocycles. The van der Waals surface area contributed by atoms with Crippen molar-refractivity contribution in [2.75, 3.05) is 0 Å². The molecule has 1 aromatic carbocycles. The van der Waals surface area contributed by atoms with Crippen LogP contribution in [-0.4, -0.2) is 27.2 Å². The van der Waals surface area contributed by atoms with Crippen LogP contribution in [-0.2, 0) is 17.6 Å². The van der Waals surface area contributed by atoms with E-state index in [4.69, 9.17) is 9.26 Å². The van der Waals surface area contributed by atoms with E-state index in [2.05, 4.69) is 27.7 Å². The molecule has 0 aliphatic heterocycles. The van der Waals surface area contributed by atoms with Crippen LogP contribution in [0.15, 0.2) is 52.1 Å². The molecule has 2 aromatic heterocycles. The second-order valence-corrected chi connectivity index (χ2v) is 9.86. The second-order valence-electron chi connectivity index (χ2n) is 9.05. The van der Waals surface area contributed by atoms with Crippen molar-refractivity contribution in [3.63, 3.8) is 0 Å². The fourth-order valence-electron chi connectivity index (χ4n) is 4.45. The summed E-state index contributed by atoms with van der Waals surface area (Å²) in [5.74, 6) is 0.640. The number of benzene rings is 1. The number of carbonyl (C=O) groups excluding carboxylic acids is 2. The summed E-state index contributed by atoms with van der Waals surface area (Å²) in [7, 11) is 0. The van der Waals surface area contributed by atoms with Gasteiger partial charge in [0.25, 0.3) is 0 Å². The first kappa shape index (κ1) is 21.6. The molecule has 0 amide bonds. The van der Waals surface area contributed by atoms with Gasteiger partial charge in [0, 0.05) is 34.5 Å². The van der Waals surface area contributed by atoms with Crippen molar-refractivity contribution in [2.24, 2.45) is 5.41 Å². The van der Waals surface area contributed by atoms with Gasteiger partial charge in [0.2, 0.25) is 0 Å². The molecule has 1 atom stereocenters. The largest absolute Gasteiger partial charge is 0.443 e. The molecular formula is C24H25BrN2O4. The summed E-state index contributed by atoms with van der Waals surface area (Å²) in [6.45, 7) is 9.38. The smallest absolute Gasteiger partial charge is 0.419 e. The number of para-hydroxylation sites is 1. The van der Waals surface area contributed by atoms with Gasteiger partial charge < -0.3 is 9.26 Å². The van der Waals surface area contributed by atoms with E-state index in [0.717, 1.165) is 5.39 Å². The highest BCUT2D eigenvalue weighted by molar-refractivity contribution is 9.10. The Morgan fingerprint density at radius 3 is 2.77 bits per heavy atom. The van der Waals surface area contributed by atoms with Crippen LogP contribution in [0.4, 0.5) is 4.79 Å². The lowest BCUT2D eigenvalue weighted by atomic mass is 9.67. The number of aromatic nitrogens is 2. The maximum absolute atomic E-state index is 14.0. The van der Waals surface area contributed by atoms with E-state index in [1.165, 1.54) is 0 Å². The van der Waals surface area contributed by atoms with Gasteiger partial charge in [-0.3, -0.25) is 4.79 Å². The molecular weight excluding hydrogens is 460 g/mol. The number of hydrogen-bond acceptors (Lipinski definition) is 5. The zero-order valence-electron chi connectivity index (χ0n) is 17.9. The van der Waals surface area contributed by atoms with Crippen LogP contribution in [0.2, 0.25) is 0 Å². The third kappa shape index (κ3) is 3.87. The maximum atomic E-state index is 14.0. The molecule has 1 aliphatic carbocycles. The quantitative estimate of drug-likeness (QED) is 0.417. The summed E-state index contributed by atoms with van der Waals surface area (Å²) >= 11 is 3.31. The molecule has 0 unspecified atom stereocenters. The monoisotopic (exact) mass is 484 g/mol. The summed E-state index contributed by atoms with van der Waals surface area (Å²) in [6, 6.07) is 9.28. The van der Waals surface area contributed by atoms with Crippen molar-refractivity contribution in [1.82, 2.24) is 9.72 Å². The number of nitrogens with zero attached hydrogens (tertiary/aromatic N) is 2. The van der Waals surface area contributed by atoms with Gasteiger partial charge in [-0.2, -0.15) is 0 Å². The summed E-state index contributed by atoms with van der Waals surface area (Å²) < 4.78 is 13.2. The van der Waals surface area contributed by atoms with Gasteiger partial charge in [-0.1, -0.05) is 29.4 Å². The lowest BCUT2D eigenvalue weighted by molar-refractivity contribution is 0.0536. The highest BCUT2D eigenvalue weighted by atomic mass is 79.9. The average molecular weight is 485 g/mol. The zero-order chi connectivity index (χ0) is 22.4. The molecule has 2 heterocycles. The summed E-state index contributed by atoms with van der Waals surface area (Å²) in [6.07, 6.45) is 3.38.